The van der Waals surface area contributed by atoms with Gasteiger partial charge in [-0.3, -0.25) is 14.4 Å². The van der Waals surface area contributed by atoms with Crippen LogP contribution in [0.2, 0.25) is 0 Å². The molecule has 1 aromatic heterocycles. The molecule has 0 bridgehead atoms. The monoisotopic (exact) mass is 647 g/mol. The van der Waals surface area contributed by atoms with Gasteiger partial charge in [0.2, 0.25) is 17.7 Å². The molecule has 11 heteroatoms. The van der Waals surface area contributed by atoms with Gasteiger partial charge in [-0.05, 0) is 41.3 Å². The minimum absolute atomic E-state index is 0.0884. The summed E-state index contributed by atoms with van der Waals surface area (Å²) in [7, 11) is 0. The summed E-state index contributed by atoms with van der Waals surface area (Å²) in [6.07, 6.45) is 2.68. The van der Waals surface area contributed by atoms with Crippen molar-refractivity contribution in [2.24, 2.45) is 5.73 Å². The van der Waals surface area contributed by atoms with E-state index in [0.29, 0.717) is 6.29 Å². The lowest BCUT2D eigenvalue weighted by Crippen LogP contribution is -2.58. The van der Waals surface area contributed by atoms with Crippen LogP contribution >= 0.6 is 15.9 Å². The zero-order valence-corrected chi connectivity index (χ0v) is 24.9. The Morgan fingerprint density at radius 1 is 0.791 bits per heavy atom. The number of fused-ring (bicyclic) bond motifs is 1. The number of carbonyl (C=O) groups excluding carboxylic acids is 4. The highest BCUT2D eigenvalue weighted by atomic mass is 79.9. The van der Waals surface area contributed by atoms with E-state index in [1.807, 2.05) is 78.9 Å². The summed E-state index contributed by atoms with van der Waals surface area (Å²) in [6.45, 7) is -0.593. The fraction of sp³-hybridized carbons (Fsp3) is 0.250. The molecule has 0 fully saturated rings. The van der Waals surface area contributed by atoms with E-state index in [-0.39, 0.29) is 19.3 Å². The second kappa shape index (κ2) is 15.2. The van der Waals surface area contributed by atoms with Gasteiger partial charge in [0, 0.05) is 34.4 Å². The second-order valence-electron chi connectivity index (χ2n) is 10.2. The van der Waals surface area contributed by atoms with Crippen LogP contribution in [0.5, 0.6) is 0 Å². The third kappa shape index (κ3) is 8.84. The van der Waals surface area contributed by atoms with E-state index in [2.05, 4.69) is 36.9 Å². The number of carbonyl (C=O) groups is 4. The number of aldehydes is 1. The zero-order chi connectivity index (χ0) is 30.8. The first-order valence-corrected chi connectivity index (χ1v) is 14.6. The number of amides is 3. The van der Waals surface area contributed by atoms with Crippen molar-refractivity contribution in [1.82, 2.24) is 20.9 Å². The van der Waals surface area contributed by atoms with E-state index in [4.69, 9.17) is 5.73 Å². The number of halogens is 1. The van der Waals surface area contributed by atoms with Crippen LogP contribution in [-0.2, 0) is 38.4 Å². The summed E-state index contributed by atoms with van der Waals surface area (Å²) in [5, 5.41) is 18.3. The van der Waals surface area contributed by atoms with Gasteiger partial charge in [0.1, 0.15) is 24.4 Å². The Balaban J connectivity index is 1.57. The summed E-state index contributed by atoms with van der Waals surface area (Å²) >= 11 is 3.40. The third-order valence-electron chi connectivity index (χ3n) is 7.04. The maximum absolute atomic E-state index is 13.8. The van der Waals surface area contributed by atoms with Gasteiger partial charge in [-0.25, -0.2) is 0 Å². The van der Waals surface area contributed by atoms with Gasteiger partial charge in [-0.1, -0.05) is 76.6 Å². The molecule has 0 aliphatic carbocycles. The van der Waals surface area contributed by atoms with E-state index in [1.165, 1.54) is 0 Å². The molecule has 0 unspecified atom stereocenters. The summed E-state index contributed by atoms with van der Waals surface area (Å²) in [5.74, 6) is -1.77. The number of aromatic amines is 1. The number of para-hydroxylation sites is 1. The SMILES string of the molecule is N[C@H](Cc1ccccc1)C(=O)N[C@@H](Cc1ccc(Br)cc1)C(=O)N[C@H](Cc1c[nH]c2ccccc12)C(=O)N[C@H](C=O)CO. The Morgan fingerprint density at radius 3 is 2.09 bits per heavy atom. The molecule has 0 saturated heterocycles. The molecular formula is C32H34BrN5O5. The summed E-state index contributed by atoms with van der Waals surface area (Å²) in [5.41, 5.74) is 9.49. The molecule has 43 heavy (non-hydrogen) atoms. The molecule has 224 valence electrons. The molecule has 10 nitrogen and oxygen atoms in total. The topological polar surface area (TPSA) is 166 Å². The molecule has 3 amide bonds. The van der Waals surface area contributed by atoms with Crippen LogP contribution in [0.1, 0.15) is 16.7 Å². The molecule has 0 spiro atoms. The van der Waals surface area contributed by atoms with Gasteiger partial charge >= 0.3 is 0 Å². The number of nitrogens with one attached hydrogen (secondary N) is 4. The predicted molar refractivity (Wildman–Crippen MR) is 167 cm³/mol. The lowest BCUT2D eigenvalue weighted by atomic mass is 10.0. The molecule has 1 heterocycles. The fourth-order valence-corrected chi connectivity index (χ4v) is 4.98. The molecule has 0 radical (unpaired) electrons. The minimum atomic E-state index is -1.14. The average molecular weight is 649 g/mol. The quantitative estimate of drug-likeness (QED) is 0.114. The maximum Gasteiger partial charge on any atom is 0.243 e. The molecule has 4 rings (SSSR count). The molecule has 4 aromatic rings. The number of aliphatic hydroxyl groups excluding tert-OH is 1. The smallest absolute Gasteiger partial charge is 0.243 e. The van der Waals surface area contributed by atoms with E-state index in [1.54, 1.807) is 6.20 Å². The first-order valence-electron chi connectivity index (χ1n) is 13.8. The van der Waals surface area contributed by atoms with Crippen molar-refractivity contribution in [2.45, 2.75) is 43.4 Å². The second-order valence-corrected chi connectivity index (χ2v) is 11.2. The number of aromatic nitrogens is 1. The first-order chi connectivity index (χ1) is 20.8. The van der Waals surface area contributed by atoms with Crippen LogP contribution in [-0.4, -0.2) is 64.9 Å². The van der Waals surface area contributed by atoms with Gasteiger partial charge in [0.05, 0.1) is 12.6 Å². The number of hydrogen-bond donors (Lipinski definition) is 6. The Labute approximate surface area is 257 Å². The molecule has 4 atom stereocenters. The number of hydrogen-bond acceptors (Lipinski definition) is 6. The van der Waals surface area contributed by atoms with Crippen molar-refractivity contribution in [2.75, 3.05) is 6.61 Å². The van der Waals surface area contributed by atoms with Gasteiger partial charge in [0.15, 0.2) is 0 Å². The minimum Gasteiger partial charge on any atom is -0.394 e. The fourth-order valence-electron chi connectivity index (χ4n) is 4.71. The van der Waals surface area contributed by atoms with Crippen LogP contribution in [0, 0.1) is 0 Å². The number of rotatable bonds is 14. The van der Waals surface area contributed by atoms with Gasteiger partial charge in [-0.15, -0.1) is 0 Å². The van der Waals surface area contributed by atoms with Crippen molar-refractivity contribution < 1.29 is 24.3 Å². The number of aliphatic hydroxyl groups is 1. The third-order valence-corrected chi connectivity index (χ3v) is 7.57. The molecule has 0 aliphatic heterocycles. The van der Waals surface area contributed by atoms with Gasteiger partial charge in [0.25, 0.3) is 0 Å². The zero-order valence-electron chi connectivity index (χ0n) is 23.3. The van der Waals surface area contributed by atoms with Gasteiger partial charge in [-0.2, -0.15) is 0 Å². The largest absolute Gasteiger partial charge is 0.394 e. The summed E-state index contributed by atoms with van der Waals surface area (Å²) < 4.78 is 0.857. The van der Waals surface area contributed by atoms with Crippen LogP contribution < -0.4 is 21.7 Å². The van der Waals surface area contributed by atoms with Gasteiger partial charge < -0.3 is 36.6 Å². The number of nitrogens with two attached hydrogens (primary N) is 1. The Morgan fingerprint density at radius 2 is 1.40 bits per heavy atom. The highest BCUT2D eigenvalue weighted by Crippen LogP contribution is 2.19. The number of H-pyrrole nitrogens is 1. The molecule has 7 N–H and O–H groups in total. The van der Waals surface area contributed by atoms with Crippen molar-refractivity contribution in [1.29, 1.82) is 0 Å². The summed E-state index contributed by atoms with van der Waals surface area (Å²) in [6, 6.07) is 19.9. The van der Waals surface area contributed by atoms with Crippen molar-refractivity contribution in [3.63, 3.8) is 0 Å². The van der Waals surface area contributed by atoms with Crippen LogP contribution in [0.3, 0.4) is 0 Å². The lowest BCUT2D eigenvalue weighted by molar-refractivity contribution is -0.133. The van der Waals surface area contributed by atoms with E-state index < -0.39 is 48.5 Å². The van der Waals surface area contributed by atoms with Crippen molar-refractivity contribution >= 4 is 50.8 Å². The van der Waals surface area contributed by atoms with Crippen LogP contribution in [0.15, 0.2) is 89.5 Å². The lowest BCUT2D eigenvalue weighted by Gasteiger charge is -2.25. The van der Waals surface area contributed by atoms with Crippen LogP contribution in [0.4, 0.5) is 0 Å². The molecule has 0 aliphatic rings. The standard InChI is InChI=1S/C32H34BrN5O5/c33-23-12-10-21(11-13-23)15-28(37-30(41)26(34)14-20-6-2-1-3-7-20)32(43)38-29(31(42)36-24(18-39)19-40)16-22-17-35-27-9-5-4-8-25(22)27/h1-13,17-18,24,26,28-29,35,40H,14-16,19,34H2,(H,36,42)(H,37,41)(H,38,43)/t24-,26-,28+,29-/m1/s1. The van der Waals surface area contributed by atoms with Crippen molar-refractivity contribution in [3.8, 4) is 0 Å². The van der Waals surface area contributed by atoms with E-state index >= 15 is 0 Å². The number of benzene rings is 3. The molecular weight excluding hydrogens is 614 g/mol. The Hall–Kier alpha value is -4.32. The van der Waals surface area contributed by atoms with E-state index in [0.717, 1.165) is 32.1 Å². The highest BCUT2D eigenvalue weighted by molar-refractivity contribution is 9.10. The Bertz CT molecular complexity index is 1540. The first kappa shape index (κ1) is 31.6. The van der Waals surface area contributed by atoms with Crippen LogP contribution in [0.25, 0.3) is 10.9 Å². The van der Waals surface area contributed by atoms with Crippen molar-refractivity contribution in [3.05, 3.63) is 106 Å². The molecule has 3 aromatic carbocycles. The van der Waals surface area contributed by atoms with E-state index in [9.17, 15) is 24.3 Å². The molecule has 0 saturated carbocycles. The normalized spacial score (nSPS) is 13.8. The highest BCUT2D eigenvalue weighted by Gasteiger charge is 2.30. The average Bonchev–Trinajstić information content (AvgIpc) is 3.43. The maximum atomic E-state index is 13.8. The Kier molecular flexibility index (Phi) is 11.2. The predicted octanol–water partition coefficient (Wildman–Crippen LogP) is 1.93. The summed E-state index contributed by atoms with van der Waals surface area (Å²) in [4.78, 5) is 54.7.